The van der Waals surface area contributed by atoms with Crippen LogP contribution >= 0.6 is 11.8 Å². The first kappa shape index (κ1) is 15.2. The zero-order valence-electron chi connectivity index (χ0n) is 10.5. The lowest BCUT2D eigenvalue weighted by molar-refractivity contribution is -0.384. The summed E-state index contributed by atoms with van der Waals surface area (Å²) in [4.78, 5) is 24.8. The van der Waals surface area contributed by atoms with Crippen molar-refractivity contribution < 1.29 is 14.8 Å². The SMILES string of the molecule is CCSCCCNc1nc(C(=O)O)ccc1[N+](=O)[O-]. The van der Waals surface area contributed by atoms with Crippen LogP contribution in [0.15, 0.2) is 12.1 Å². The predicted octanol–water partition coefficient (Wildman–Crippen LogP) is 2.24. The number of hydrogen-bond acceptors (Lipinski definition) is 6. The number of nitrogens with one attached hydrogen (secondary N) is 1. The molecular formula is C11H15N3O4S. The highest BCUT2D eigenvalue weighted by Crippen LogP contribution is 2.22. The molecule has 0 unspecified atom stereocenters. The van der Waals surface area contributed by atoms with Crippen molar-refractivity contribution in [3.63, 3.8) is 0 Å². The second-order valence-corrected chi connectivity index (χ2v) is 5.00. The Labute approximate surface area is 114 Å². The van der Waals surface area contributed by atoms with Gasteiger partial charge < -0.3 is 10.4 Å². The predicted molar refractivity (Wildman–Crippen MR) is 74.0 cm³/mol. The van der Waals surface area contributed by atoms with Crippen LogP contribution in [0, 0.1) is 10.1 Å². The van der Waals surface area contributed by atoms with Crippen LogP contribution in [0.5, 0.6) is 0 Å². The zero-order valence-corrected chi connectivity index (χ0v) is 11.3. The summed E-state index contributed by atoms with van der Waals surface area (Å²) in [5, 5.41) is 22.4. The van der Waals surface area contributed by atoms with Crippen molar-refractivity contribution >= 4 is 29.2 Å². The van der Waals surface area contributed by atoms with E-state index >= 15 is 0 Å². The van der Waals surface area contributed by atoms with Gasteiger partial charge in [-0.25, -0.2) is 9.78 Å². The third kappa shape index (κ3) is 4.74. The molecule has 19 heavy (non-hydrogen) atoms. The summed E-state index contributed by atoms with van der Waals surface area (Å²) < 4.78 is 0. The number of aromatic nitrogens is 1. The fourth-order valence-electron chi connectivity index (χ4n) is 1.37. The number of pyridine rings is 1. The highest BCUT2D eigenvalue weighted by atomic mass is 32.2. The maximum atomic E-state index is 10.8. The first-order chi connectivity index (χ1) is 9.06. The van der Waals surface area contributed by atoms with Crippen LogP contribution in [0.4, 0.5) is 11.5 Å². The van der Waals surface area contributed by atoms with Crippen LogP contribution in [0.2, 0.25) is 0 Å². The Balaban J connectivity index is 2.74. The molecule has 0 bridgehead atoms. The Hall–Kier alpha value is -1.83. The van der Waals surface area contributed by atoms with Crippen molar-refractivity contribution in [3.05, 3.63) is 27.9 Å². The van der Waals surface area contributed by atoms with Gasteiger partial charge in [0.05, 0.1) is 4.92 Å². The van der Waals surface area contributed by atoms with Crippen LogP contribution < -0.4 is 5.32 Å². The van der Waals surface area contributed by atoms with Gasteiger partial charge in [-0.2, -0.15) is 11.8 Å². The summed E-state index contributed by atoms with van der Waals surface area (Å²) in [6.07, 6.45) is 0.828. The molecule has 0 aromatic carbocycles. The summed E-state index contributed by atoms with van der Waals surface area (Å²) in [5.74, 6) is 0.758. The summed E-state index contributed by atoms with van der Waals surface area (Å²) in [7, 11) is 0. The maximum absolute atomic E-state index is 10.8. The second kappa shape index (κ2) is 7.57. The van der Waals surface area contributed by atoms with Gasteiger partial charge in [0.2, 0.25) is 5.82 Å². The first-order valence-corrected chi connectivity index (χ1v) is 6.92. The second-order valence-electron chi connectivity index (χ2n) is 3.60. The molecule has 1 rings (SSSR count). The number of hydrogen-bond donors (Lipinski definition) is 2. The molecule has 0 amide bonds. The number of nitro groups is 1. The van der Waals surface area contributed by atoms with Crippen molar-refractivity contribution in [1.29, 1.82) is 0 Å². The number of carboxylic acid groups (broad SMARTS) is 1. The Kier molecular flexibility index (Phi) is 6.07. The van der Waals surface area contributed by atoms with Crippen molar-refractivity contribution in [2.24, 2.45) is 0 Å². The minimum atomic E-state index is -1.21. The molecule has 0 aliphatic rings. The van der Waals surface area contributed by atoms with E-state index in [1.807, 2.05) is 0 Å². The van der Waals surface area contributed by atoms with E-state index < -0.39 is 10.9 Å². The molecule has 1 heterocycles. The summed E-state index contributed by atoms with van der Waals surface area (Å²) in [6, 6.07) is 2.28. The van der Waals surface area contributed by atoms with E-state index in [4.69, 9.17) is 5.11 Å². The summed E-state index contributed by atoms with van der Waals surface area (Å²) in [6.45, 7) is 2.57. The highest BCUT2D eigenvalue weighted by Gasteiger charge is 2.17. The Morgan fingerprint density at radius 1 is 1.58 bits per heavy atom. The van der Waals surface area contributed by atoms with Crippen molar-refractivity contribution in [3.8, 4) is 0 Å². The topological polar surface area (TPSA) is 105 Å². The zero-order chi connectivity index (χ0) is 14.3. The van der Waals surface area contributed by atoms with Crippen LogP contribution in [-0.4, -0.2) is 39.0 Å². The Bertz CT molecular complexity index is 467. The Morgan fingerprint density at radius 2 is 2.32 bits per heavy atom. The van der Waals surface area contributed by atoms with E-state index in [0.29, 0.717) is 6.54 Å². The molecule has 104 valence electrons. The molecule has 0 fully saturated rings. The molecule has 0 aliphatic carbocycles. The molecular weight excluding hydrogens is 270 g/mol. The van der Waals surface area contributed by atoms with Gasteiger partial charge in [-0.1, -0.05) is 6.92 Å². The summed E-state index contributed by atoms with van der Waals surface area (Å²) >= 11 is 1.77. The largest absolute Gasteiger partial charge is 0.477 e. The molecule has 0 aliphatic heterocycles. The van der Waals surface area contributed by atoms with Gasteiger partial charge in [-0.05, 0) is 24.0 Å². The lowest BCUT2D eigenvalue weighted by atomic mass is 10.3. The summed E-state index contributed by atoms with van der Waals surface area (Å²) in [5.41, 5.74) is -0.427. The van der Waals surface area contributed by atoms with Gasteiger partial charge in [-0.15, -0.1) is 0 Å². The maximum Gasteiger partial charge on any atom is 0.354 e. The molecule has 1 aromatic heterocycles. The van der Waals surface area contributed by atoms with Crippen LogP contribution in [0.25, 0.3) is 0 Å². The van der Waals surface area contributed by atoms with E-state index in [0.717, 1.165) is 30.1 Å². The highest BCUT2D eigenvalue weighted by molar-refractivity contribution is 7.99. The van der Waals surface area contributed by atoms with E-state index in [1.165, 1.54) is 0 Å². The number of aromatic carboxylic acids is 1. The van der Waals surface area contributed by atoms with Crippen molar-refractivity contribution in [2.75, 3.05) is 23.4 Å². The molecule has 8 heteroatoms. The standard InChI is InChI=1S/C11H15N3O4S/c1-2-19-7-3-6-12-10-9(14(17)18)5-4-8(13-10)11(15)16/h4-5H,2-3,6-7H2,1H3,(H,12,13)(H,15,16). The molecule has 7 nitrogen and oxygen atoms in total. The number of nitrogens with zero attached hydrogens (tertiary/aromatic N) is 2. The van der Waals surface area contributed by atoms with E-state index in [9.17, 15) is 14.9 Å². The van der Waals surface area contributed by atoms with Crippen LogP contribution in [-0.2, 0) is 0 Å². The number of anilines is 1. The quantitative estimate of drug-likeness (QED) is 0.428. The molecule has 0 saturated heterocycles. The van der Waals surface area contributed by atoms with E-state index in [-0.39, 0.29) is 17.2 Å². The van der Waals surface area contributed by atoms with Gasteiger partial charge >= 0.3 is 11.7 Å². The van der Waals surface area contributed by atoms with Gasteiger partial charge in [-0.3, -0.25) is 10.1 Å². The Morgan fingerprint density at radius 3 is 2.89 bits per heavy atom. The smallest absolute Gasteiger partial charge is 0.354 e. The van der Waals surface area contributed by atoms with E-state index in [1.54, 1.807) is 11.8 Å². The fourth-order valence-corrected chi connectivity index (χ4v) is 2.01. The number of carboxylic acids is 1. The van der Waals surface area contributed by atoms with Crippen molar-refractivity contribution in [2.45, 2.75) is 13.3 Å². The molecule has 0 saturated carbocycles. The third-order valence-electron chi connectivity index (χ3n) is 2.25. The minimum absolute atomic E-state index is 0.00592. The van der Waals surface area contributed by atoms with Gasteiger partial charge in [0.15, 0.2) is 5.69 Å². The third-order valence-corrected chi connectivity index (χ3v) is 3.24. The molecule has 0 spiro atoms. The average Bonchev–Trinajstić information content (AvgIpc) is 2.38. The van der Waals surface area contributed by atoms with Crippen molar-refractivity contribution in [1.82, 2.24) is 4.98 Å². The first-order valence-electron chi connectivity index (χ1n) is 5.76. The van der Waals surface area contributed by atoms with Crippen LogP contribution in [0.1, 0.15) is 23.8 Å². The normalized spacial score (nSPS) is 10.2. The van der Waals surface area contributed by atoms with Crippen LogP contribution in [0.3, 0.4) is 0 Å². The monoisotopic (exact) mass is 285 g/mol. The van der Waals surface area contributed by atoms with E-state index in [2.05, 4.69) is 17.2 Å². The molecule has 2 N–H and O–H groups in total. The molecule has 1 aromatic rings. The molecule has 0 radical (unpaired) electrons. The number of thioether (sulfide) groups is 1. The fraction of sp³-hybridized carbons (Fsp3) is 0.455. The number of rotatable bonds is 8. The lowest BCUT2D eigenvalue weighted by Gasteiger charge is -2.06. The minimum Gasteiger partial charge on any atom is -0.477 e. The lowest BCUT2D eigenvalue weighted by Crippen LogP contribution is -2.10. The molecule has 0 atom stereocenters. The average molecular weight is 285 g/mol. The van der Waals surface area contributed by atoms with Gasteiger partial charge in [0, 0.05) is 12.6 Å². The van der Waals surface area contributed by atoms with Gasteiger partial charge in [0.1, 0.15) is 0 Å². The number of carbonyl (C=O) groups is 1. The van der Waals surface area contributed by atoms with Gasteiger partial charge in [0.25, 0.3) is 0 Å².